The molecule has 0 aliphatic carbocycles. The lowest BCUT2D eigenvalue weighted by molar-refractivity contribution is 0.171. The average Bonchev–Trinajstić information content (AvgIpc) is 2.18. The van der Waals surface area contributed by atoms with Crippen molar-refractivity contribution in [3.8, 4) is 0 Å². The molecule has 0 radical (unpaired) electrons. The van der Waals surface area contributed by atoms with E-state index >= 15 is 0 Å². The van der Waals surface area contributed by atoms with Crippen LogP contribution in [-0.4, -0.2) is 17.7 Å². The van der Waals surface area contributed by atoms with Crippen molar-refractivity contribution in [1.82, 2.24) is 5.32 Å². The van der Waals surface area contributed by atoms with Crippen LogP contribution < -0.4 is 5.32 Å². The molecule has 0 aromatic heterocycles. The predicted octanol–water partition coefficient (Wildman–Crippen LogP) is 3.45. The zero-order valence-electron chi connectivity index (χ0n) is 9.21. The van der Waals surface area contributed by atoms with Crippen LogP contribution in [0.4, 0.5) is 0 Å². The number of aliphatic hydroxyl groups is 1. The van der Waals surface area contributed by atoms with Crippen LogP contribution in [0.3, 0.4) is 0 Å². The summed E-state index contributed by atoms with van der Waals surface area (Å²) in [6, 6.07) is 5.51. The Morgan fingerprint density at radius 1 is 1.25 bits per heavy atom. The fourth-order valence-corrected chi connectivity index (χ4v) is 1.49. The summed E-state index contributed by atoms with van der Waals surface area (Å²) in [6.07, 6.45) is -0.554. The largest absolute Gasteiger partial charge is 0.387 e. The average molecular weight is 285 g/mol. The molecule has 0 aliphatic rings. The molecule has 16 heavy (non-hydrogen) atoms. The van der Waals surface area contributed by atoms with Crippen molar-refractivity contribution in [3.63, 3.8) is 0 Å². The standard InChI is InChI=1S/C11H15Cl2NO.ClH/c1-7(2)14-6-11(15)8-3-4-9(12)10(13)5-8;/h3-5,7,11,14-15H,6H2,1-2H3;1H. The Morgan fingerprint density at radius 2 is 1.88 bits per heavy atom. The molecule has 1 unspecified atom stereocenters. The van der Waals surface area contributed by atoms with Gasteiger partial charge < -0.3 is 10.4 Å². The molecule has 0 spiro atoms. The van der Waals surface area contributed by atoms with E-state index in [4.69, 9.17) is 23.2 Å². The second kappa shape index (κ2) is 7.36. The van der Waals surface area contributed by atoms with Crippen LogP contribution in [-0.2, 0) is 0 Å². The summed E-state index contributed by atoms with van der Waals surface area (Å²) in [6.45, 7) is 4.57. The van der Waals surface area contributed by atoms with Gasteiger partial charge in [-0.25, -0.2) is 0 Å². The SMILES string of the molecule is CC(C)NCC(O)c1ccc(Cl)c(Cl)c1.Cl. The number of hydrogen-bond acceptors (Lipinski definition) is 2. The first-order chi connectivity index (χ1) is 7.00. The van der Waals surface area contributed by atoms with Gasteiger partial charge in [-0.05, 0) is 17.7 Å². The highest BCUT2D eigenvalue weighted by molar-refractivity contribution is 6.42. The van der Waals surface area contributed by atoms with Gasteiger partial charge in [-0.15, -0.1) is 12.4 Å². The lowest BCUT2D eigenvalue weighted by atomic mass is 10.1. The number of aliphatic hydroxyl groups excluding tert-OH is 1. The Hall–Kier alpha value is 0.01000. The van der Waals surface area contributed by atoms with E-state index in [0.29, 0.717) is 22.6 Å². The third-order valence-electron chi connectivity index (χ3n) is 2.05. The predicted molar refractivity (Wildman–Crippen MR) is 71.8 cm³/mol. The zero-order valence-corrected chi connectivity index (χ0v) is 11.5. The molecule has 92 valence electrons. The first-order valence-electron chi connectivity index (χ1n) is 4.87. The molecule has 0 heterocycles. The van der Waals surface area contributed by atoms with Crippen LogP contribution in [0.25, 0.3) is 0 Å². The van der Waals surface area contributed by atoms with E-state index in [0.717, 1.165) is 5.56 Å². The van der Waals surface area contributed by atoms with Crippen LogP contribution in [0.15, 0.2) is 18.2 Å². The molecule has 5 heteroatoms. The van der Waals surface area contributed by atoms with Gasteiger partial charge in [0.1, 0.15) is 0 Å². The molecule has 2 N–H and O–H groups in total. The van der Waals surface area contributed by atoms with Gasteiger partial charge in [-0.2, -0.15) is 0 Å². The fraction of sp³-hybridized carbons (Fsp3) is 0.455. The fourth-order valence-electron chi connectivity index (χ4n) is 1.18. The van der Waals surface area contributed by atoms with Crippen LogP contribution in [0.1, 0.15) is 25.5 Å². The van der Waals surface area contributed by atoms with Gasteiger partial charge in [0, 0.05) is 12.6 Å². The molecule has 0 saturated carbocycles. The summed E-state index contributed by atoms with van der Waals surface area (Å²) in [7, 11) is 0. The highest BCUT2D eigenvalue weighted by Gasteiger charge is 2.09. The Balaban J connectivity index is 0.00000225. The maximum absolute atomic E-state index is 9.82. The third-order valence-corrected chi connectivity index (χ3v) is 2.79. The number of benzene rings is 1. The summed E-state index contributed by atoms with van der Waals surface area (Å²) in [5, 5.41) is 13.9. The quantitative estimate of drug-likeness (QED) is 0.887. The van der Waals surface area contributed by atoms with Crippen molar-refractivity contribution in [1.29, 1.82) is 0 Å². The van der Waals surface area contributed by atoms with Crippen LogP contribution in [0, 0.1) is 0 Å². The highest BCUT2D eigenvalue weighted by Crippen LogP contribution is 2.25. The van der Waals surface area contributed by atoms with E-state index in [-0.39, 0.29) is 12.4 Å². The Kier molecular flexibility index (Phi) is 7.36. The molecule has 1 aromatic rings. The first kappa shape index (κ1) is 16.0. The Bertz CT molecular complexity index is 331. The second-order valence-electron chi connectivity index (χ2n) is 3.75. The Morgan fingerprint density at radius 3 is 2.38 bits per heavy atom. The van der Waals surface area contributed by atoms with Gasteiger partial charge in [-0.3, -0.25) is 0 Å². The van der Waals surface area contributed by atoms with Crippen molar-refractivity contribution in [2.45, 2.75) is 26.0 Å². The number of hydrogen-bond donors (Lipinski definition) is 2. The zero-order chi connectivity index (χ0) is 11.4. The molecular formula is C11H16Cl3NO. The molecule has 1 rings (SSSR count). The van der Waals surface area contributed by atoms with Gasteiger partial charge in [0.05, 0.1) is 16.1 Å². The number of halogens is 3. The third kappa shape index (κ3) is 4.89. The summed E-state index contributed by atoms with van der Waals surface area (Å²) >= 11 is 11.6. The topological polar surface area (TPSA) is 32.3 Å². The van der Waals surface area contributed by atoms with Gasteiger partial charge in [-0.1, -0.05) is 43.1 Å². The summed E-state index contributed by atoms with van der Waals surface area (Å²) < 4.78 is 0. The maximum atomic E-state index is 9.82. The number of rotatable bonds is 4. The molecular weight excluding hydrogens is 268 g/mol. The van der Waals surface area contributed by atoms with Gasteiger partial charge in [0.15, 0.2) is 0 Å². The lowest BCUT2D eigenvalue weighted by Crippen LogP contribution is -2.27. The first-order valence-corrected chi connectivity index (χ1v) is 5.62. The summed E-state index contributed by atoms with van der Waals surface area (Å²) in [5.74, 6) is 0. The highest BCUT2D eigenvalue weighted by atomic mass is 35.5. The normalized spacial score (nSPS) is 12.4. The number of nitrogens with one attached hydrogen (secondary N) is 1. The van der Waals surface area contributed by atoms with Gasteiger partial charge in [0.25, 0.3) is 0 Å². The van der Waals surface area contributed by atoms with E-state index in [1.807, 2.05) is 13.8 Å². The molecule has 1 atom stereocenters. The van der Waals surface area contributed by atoms with E-state index in [2.05, 4.69) is 5.32 Å². The Labute approximate surface area is 112 Å². The molecule has 2 nitrogen and oxygen atoms in total. The molecule has 1 aromatic carbocycles. The maximum Gasteiger partial charge on any atom is 0.0915 e. The molecule has 0 saturated heterocycles. The van der Waals surface area contributed by atoms with E-state index in [1.165, 1.54) is 0 Å². The van der Waals surface area contributed by atoms with Gasteiger partial charge in [0.2, 0.25) is 0 Å². The minimum atomic E-state index is -0.554. The van der Waals surface area contributed by atoms with Crippen molar-refractivity contribution >= 4 is 35.6 Å². The minimum absolute atomic E-state index is 0. The molecule has 0 bridgehead atoms. The smallest absolute Gasteiger partial charge is 0.0915 e. The van der Waals surface area contributed by atoms with Gasteiger partial charge >= 0.3 is 0 Å². The minimum Gasteiger partial charge on any atom is -0.387 e. The van der Waals surface area contributed by atoms with E-state index < -0.39 is 6.10 Å². The summed E-state index contributed by atoms with van der Waals surface area (Å²) in [4.78, 5) is 0. The van der Waals surface area contributed by atoms with Crippen LogP contribution >= 0.6 is 35.6 Å². The van der Waals surface area contributed by atoms with Crippen molar-refractivity contribution in [2.75, 3.05) is 6.54 Å². The van der Waals surface area contributed by atoms with E-state index in [1.54, 1.807) is 18.2 Å². The second-order valence-corrected chi connectivity index (χ2v) is 4.57. The lowest BCUT2D eigenvalue weighted by Gasteiger charge is -2.14. The molecule has 0 fully saturated rings. The summed E-state index contributed by atoms with van der Waals surface area (Å²) in [5.41, 5.74) is 0.776. The monoisotopic (exact) mass is 283 g/mol. The molecule has 0 amide bonds. The van der Waals surface area contributed by atoms with E-state index in [9.17, 15) is 5.11 Å². The van der Waals surface area contributed by atoms with Crippen molar-refractivity contribution in [2.24, 2.45) is 0 Å². The van der Waals surface area contributed by atoms with Crippen molar-refractivity contribution < 1.29 is 5.11 Å². The molecule has 0 aliphatic heterocycles. The van der Waals surface area contributed by atoms with Crippen LogP contribution in [0.5, 0.6) is 0 Å². The van der Waals surface area contributed by atoms with Crippen molar-refractivity contribution in [3.05, 3.63) is 33.8 Å². The van der Waals surface area contributed by atoms with Crippen LogP contribution in [0.2, 0.25) is 10.0 Å².